The SMILES string of the molecule is NC1C[C@H]2COc3c(c(F)cc4c(=O)c(C(=O)O)cn(-c5ccc(F)cc5)c34)N2C1. The molecule has 5 rings (SSSR count). The van der Waals surface area contributed by atoms with E-state index in [1.807, 2.05) is 4.90 Å². The Bertz CT molecular complexity index is 1260. The van der Waals surface area contributed by atoms with Crippen molar-refractivity contribution in [2.45, 2.75) is 18.5 Å². The Morgan fingerprint density at radius 3 is 2.67 bits per heavy atom. The molecule has 1 aromatic heterocycles. The molecule has 2 aliphatic rings. The van der Waals surface area contributed by atoms with Crippen LogP contribution in [-0.2, 0) is 0 Å². The Morgan fingerprint density at radius 2 is 1.97 bits per heavy atom. The van der Waals surface area contributed by atoms with E-state index < -0.39 is 28.6 Å². The zero-order valence-corrected chi connectivity index (χ0v) is 15.6. The van der Waals surface area contributed by atoms with Gasteiger partial charge in [0, 0.05) is 24.5 Å². The second-order valence-corrected chi connectivity index (χ2v) is 7.57. The van der Waals surface area contributed by atoms with Crippen molar-refractivity contribution in [1.82, 2.24) is 4.57 Å². The fourth-order valence-electron chi connectivity index (χ4n) is 4.34. The number of halogens is 2. The minimum absolute atomic E-state index is 0.0799. The van der Waals surface area contributed by atoms with Gasteiger partial charge < -0.3 is 25.0 Å². The monoisotopic (exact) mass is 413 g/mol. The van der Waals surface area contributed by atoms with Gasteiger partial charge in [0.25, 0.3) is 0 Å². The third kappa shape index (κ3) is 2.66. The summed E-state index contributed by atoms with van der Waals surface area (Å²) in [6, 6.07) is 6.14. The molecule has 3 heterocycles. The van der Waals surface area contributed by atoms with E-state index in [9.17, 15) is 19.1 Å². The number of carboxylic acids is 1. The van der Waals surface area contributed by atoms with Crippen LogP contribution in [0, 0.1) is 11.6 Å². The molecule has 0 aliphatic carbocycles. The number of aromatic nitrogens is 1. The van der Waals surface area contributed by atoms with Gasteiger partial charge in [-0.25, -0.2) is 13.6 Å². The molecule has 0 radical (unpaired) electrons. The topological polar surface area (TPSA) is 97.8 Å². The number of aromatic carboxylic acids is 1. The lowest BCUT2D eigenvalue weighted by atomic mass is 10.1. The lowest BCUT2D eigenvalue weighted by Gasteiger charge is -2.34. The van der Waals surface area contributed by atoms with Crippen LogP contribution in [0.1, 0.15) is 16.8 Å². The highest BCUT2D eigenvalue weighted by molar-refractivity contribution is 5.98. The highest BCUT2D eigenvalue weighted by Gasteiger charge is 2.39. The standard InChI is InChI=1S/C21H17F2N3O4/c22-10-1-3-12(4-2-10)26-8-15(21(28)29)19(27)14-6-16(23)18-20(17(14)26)30-9-13-5-11(24)7-25(13)18/h1-4,6,8,11,13H,5,7,9,24H2,(H,28,29)/t11?,13-/m0/s1. The Balaban J connectivity index is 1.88. The zero-order chi connectivity index (χ0) is 21.2. The van der Waals surface area contributed by atoms with Crippen LogP contribution < -0.4 is 20.8 Å². The third-order valence-corrected chi connectivity index (χ3v) is 5.66. The molecule has 2 aromatic carbocycles. The van der Waals surface area contributed by atoms with Gasteiger partial charge in [-0.05, 0) is 36.8 Å². The van der Waals surface area contributed by atoms with E-state index in [0.717, 1.165) is 12.3 Å². The molecule has 0 saturated carbocycles. The summed E-state index contributed by atoms with van der Waals surface area (Å²) in [5, 5.41) is 9.35. The zero-order valence-electron chi connectivity index (χ0n) is 15.6. The van der Waals surface area contributed by atoms with Crippen LogP contribution in [0.5, 0.6) is 5.75 Å². The second-order valence-electron chi connectivity index (χ2n) is 7.57. The van der Waals surface area contributed by atoms with Gasteiger partial charge >= 0.3 is 5.97 Å². The predicted octanol–water partition coefficient (Wildman–Crippen LogP) is 2.27. The summed E-state index contributed by atoms with van der Waals surface area (Å²) >= 11 is 0. The lowest BCUT2D eigenvalue weighted by Crippen LogP contribution is -2.39. The summed E-state index contributed by atoms with van der Waals surface area (Å²) in [6.07, 6.45) is 1.81. The van der Waals surface area contributed by atoms with Gasteiger partial charge in [0.1, 0.15) is 29.2 Å². The van der Waals surface area contributed by atoms with E-state index in [2.05, 4.69) is 0 Å². The number of benzene rings is 2. The fraction of sp³-hybridized carbons (Fsp3) is 0.238. The summed E-state index contributed by atoms with van der Waals surface area (Å²) < 4.78 is 35.9. The van der Waals surface area contributed by atoms with E-state index in [1.54, 1.807) is 0 Å². The van der Waals surface area contributed by atoms with E-state index in [0.29, 0.717) is 18.7 Å². The molecule has 2 aliphatic heterocycles. The lowest BCUT2D eigenvalue weighted by molar-refractivity contribution is 0.0695. The molecule has 30 heavy (non-hydrogen) atoms. The molecule has 3 N–H and O–H groups in total. The number of fused-ring (bicyclic) bond motifs is 5. The van der Waals surface area contributed by atoms with Crippen LogP contribution in [0.2, 0.25) is 0 Å². The number of nitrogens with two attached hydrogens (primary N) is 1. The van der Waals surface area contributed by atoms with Gasteiger partial charge in [0.15, 0.2) is 11.6 Å². The minimum atomic E-state index is -1.44. The Labute approximate surface area is 168 Å². The molecule has 0 amide bonds. The van der Waals surface area contributed by atoms with Crippen LogP contribution in [0.25, 0.3) is 16.6 Å². The van der Waals surface area contributed by atoms with Crippen molar-refractivity contribution in [2.24, 2.45) is 5.73 Å². The highest BCUT2D eigenvalue weighted by Crippen LogP contribution is 2.44. The van der Waals surface area contributed by atoms with Crippen LogP contribution in [0.4, 0.5) is 14.5 Å². The summed E-state index contributed by atoms with van der Waals surface area (Å²) in [6.45, 7) is 0.703. The number of anilines is 1. The summed E-state index contributed by atoms with van der Waals surface area (Å²) in [5.74, 6) is -2.45. The van der Waals surface area contributed by atoms with E-state index in [-0.39, 0.29) is 41.0 Å². The number of carbonyl (C=O) groups is 1. The van der Waals surface area contributed by atoms with Crippen molar-refractivity contribution in [3.8, 4) is 11.4 Å². The number of hydrogen-bond donors (Lipinski definition) is 2. The van der Waals surface area contributed by atoms with Crippen molar-refractivity contribution in [3.63, 3.8) is 0 Å². The van der Waals surface area contributed by atoms with Crippen LogP contribution in [0.15, 0.2) is 41.3 Å². The fourth-order valence-corrected chi connectivity index (χ4v) is 4.34. The Hall–Kier alpha value is -3.46. The number of pyridine rings is 1. The largest absolute Gasteiger partial charge is 0.487 e. The average Bonchev–Trinajstić information content (AvgIpc) is 3.09. The minimum Gasteiger partial charge on any atom is -0.487 e. The van der Waals surface area contributed by atoms with Crippen LogP contribution in [0.3, 0.4) is 0 Å². The molecular weight excluding hydrogens is 396 g/mol. The first kappa shape index (κ1) is 18.6. The quantitative estimate of drug-likeness (QED) is 0.669. The molecule has 2 atom stereocenters. The predicted molar refractivity (Wildman–Crippen MR) is 106 cm³/mol. The van der Waals surface area contributed by atoms with Gasteiger partial charge in [0.2, 0.25) is 5.43 Å². The maximum absolute atomic E-state index is 15.2. The Morgan fingerprint density at radius 1 is 1.23 bits per heavy atom. The van der Waals surface area contributed by atoms with Gasteiger partial charge in [-0.2, -0.15) is 0 Å². The first-order chi connectivity index (χ1) is 14.3. The molecule has 154 valence electrons. The number of nitrogens with zero attached hydrogens (tertiary/aromatic N) is 2. The van der Waals surface area contributed by atoms with Crippen molar-refractivity contribution >= 4 is 22.6 Å². The maximum Gasteiger partial charge on any atom is 0.341 e. The molecule has 0 bridgehead atoms. The van der Waals surface area contributed by atoms with Crippen molar-refractivity contribution in [3.05, 3.63) is 63.9 Å². The van der Waals surface area contributed by atoms with Crippen molar-refractivity contribution in [2.75, 3.05) is 18.1 Å². The second kappa shape index (κ2) is 6.53. The van der Waals surface area contributed by atoms with E-state index >= 15 is 4.39 Å². The number of carboxylic acid groups (broad SMARTS) is 1. The van der Waals surface area contributed by atoms with Gasteiger partial charge in [-0.3, -0.25) is 4.79 Å². The van der Waals surface area contributed by atoms with E-state index in [1.165, 1.54) is 28.8 Å². The molecular formula is C21H17F2N3O4. The molecule has 1 fully saturated rings. The van der Waals surface area contributed by atoms with E-state index in [4.69, 9.17) is 10.5 Å². The van der Waals surface area contributed by atoms with Gasteiger partial charge in [0.05, 0.1) is 11.4 Å². The summed E-state index contributed by atoms with van der Waals surface area (Å²) in [4.78, 5) is 26.3. The van der Waals surface area contributed by atoms with Crippen molar-refractivity contribution in [1.29, 1.82) is 0 Å². The highest BCUT2D eigenvalue weighted by atomic mass is 19.1. The average molecular weight is 413 g/mol. The number of ether oxygens (including phenoxy) is 1. The van der Waals surface area contributed by atoms with Crippen LogP contribution in [-0.4, -0.2) is 40.9 Å². The summed E-state index contributed by atoms with van der Waals surface area (Å²) in [7, 11) is 0. The third-order valence-electron chi connectivity index (χ3n) is 5.66. The normalized spacial score (nSPS) is 20.0. The van der Waals surface area contributed by atoms with Gasteiger partial charge in [-0.15, -0.1) is 0 Å². The smallest absolute Gasteiger partial charge is 0.341 e. The Kier molecular flexibility index (Phi) is 4.04. The van der Waals surface area contributed by atoms with Gasteiger partial charge in [-0.1, -0.05) is 0 Å². The summed E-state index contributed by atoms with van der Waals surface area (Å²) in [5.41, 5.74) is 5.54. The number of rotatable bonds is 2. The molecule has 1 unspecified atom stereocenters. The molecule has 3 aromatic rings. The molecule has 0 spiro atoms. The molecule has 7 nitrogen and oxygen atoms in total. The first-order valence-corrected chi connectivity index (χ1v) is 9.41. The maximum atomic E-state index is 15.2. The van der Waals surface area contributed by atoms with Crippen LogP contribution >= 0.6 is 0 Å². The van der Waals surface area contributed by atoms with Crippen molar-refractivity contribution < 1.29 is 23.4 Å². The number of hydrogen-bond acceptors (Lipinski definition) is 5. The molecule has 1 saturated heterocycles. The molecule has 9 heteroatoms. The first-order valence-electron chi connectivity index (χ1n) is 9.41.